The predicted molar refractivity (Wildman–Crippen MR) is 55.5 cm³/mol. The van der Waals surface area contributed by atoms with Crippen molar-refractivity contribution in [2.45, 2.75) is 40.5 Å². The Hall–Kier alpha value is -0.590. The second kappa shape index (κ2) is 3.65. The van der Waals surface area contributed by atoms with Crippen LogP contribution < -0.4 is 0 Å². The van der Waals surface area contributed by atoms with Gasteiger partial charge in [0.2, 0.25) is 0 Å². The van der Waals surface area contributed by atoms with E-state index in [1.54, 1.807) is 0 Å². The van der Waals surface area contributed by atoms with Crippen LogP contribution in [0.4, 0.5) is 0 Å². The number of carbonyl (C=O) groups excluding carboxylic acids is 1. The Kier molecular flexibility index (Phi) is 2.94. The number of allylic oxidation sites excluding steroid dienone is 2. The summed E-state index contributed by atoms with van der Waals surface area (Å²) in [5.74, 6) is 0.807. The second-order valence-corrected chi connectivity index (χ2v) is 4.89. The van der Waals surface area contributed by atoms with Crippen molar-refractivity contribution in [2.24, 2.45) is 17.3 Å². The number of aldehydes is 1. The Morgan fingerprint density at radius 1 is 1.62 bits per heavy atom. The minimum Gasteiger partial charge on any atom is -0.303 e. The summed E-state index contributed by atoms with van der Waals surface area (Å²) in [6, 6.07) is 0. The minimum absolute atomic E-state index is 0.135. The van der Waals surface area contributed by atoms with Crippen LogP contribution in [0.2, 0.25) is 0 Å². The first-order valence-electron chi connectivity index (χ1n) is 5.15. The molecule has 0 saturated heterocycles. The number of carbonyl (C=O) groups is 1. The van der Waals surface area contributed by atoms with Gasteiger partial charge in [0, 0.05) is 5.92 Å². The zero-order valence-corrected chi connectivity index (χ0v) is 9.13. The zero-order valence-electron chi connectivity index (χ0n) is 9.13. The fraction of sp³-hybridized carbons (Fsp3) is 0.750. The van der Waals surface area contributed by atoms with Crippen molar-refractivity contribution < 1.29 is 4.79 Å². The third kappa shape index (κ3) is 2.01. The van der Waals surface area contributed by atoms with Crippen molar-refractivity contribution >= 4 is 6.29 Å². The fourth-order valence-electron chi connectivity index (χ4n) is 2.51. The maximum absolute atomic E-state index is 10.9. The van der Waals surface area contributed by atoms with Gasteiger partial charge in [0.15, 0.2) is 0 Å². The van der Waals surface area contributed by atoms with Gasteiger partial charge in [0.25, 0.3) is 0 Å². The topological polar surface area (TPSA) is 17.1 Å². The molecule has 0 amide bonds. The summed E-state index contributed by atoms with van der Waals surface area (Å²) in [6.07, 6.45) is 5.72. The molecule has 2 atom stereocenters. The van der Waals surface area contributed by atoms with Gasteiger partial charge in [-0.25, -0.2) is 0 Å². The molecule has 2 unspecified atom stereocenters. The fourth-order valence-corrected chi connectivity index (χ4v) is 2.51. The van der Waals surface area contributed by atoms with Gasteiger partial charge in [-0.3, -0.25) is 0 Å². The first kappa shape index (κ1) is 10.5. The van der Waals surface area contributed by atoms with E-state index in [4.69, 9.17) is 0 Å². The molecule has 1 nitrogen and oxygen atoms in total. The van der Waals surface area contributed by atoms with Crippen LogP contribution >= 0.6 is 0 Å². The average Bonchev–Trinajstić information content (AvgIpc) is 2.02. The molecule has 1 heteroatoms. The average molecular weight is 180 g/mol. The largest absolute Gasteiger partial charge is 0.303 e. The summed E-state index contributed by atoms with van der Waals surface area (Å²) in [5, 5.41) is 0. The Morgan fingerprint density at radius 2 is 2.23 bits per heavy atom. The van der Waals surface area contributed by atoms with Crippen molar-refractivity contribution in [3.05, 3.63) is 11.6 Å². The van der Waals surface area contributed by atoms with Crippen molar-refractivity contribution in [2.75, 3.05) is 0 Å². The quantitative estimate of drug-likeness (QED) is 0.471. The molecule has 0 saturated carbocycles. The van der Waals surface area contributed by atoms with Crippen LogP contribution in [-0.2, 0) is 4.79 Å². The second-order valence-electron chi connectivity index (χ2n) is 4.89. The van der Waals surface area contributed by atoms with Crippen LogP contribution in [0.3, 0.4) is 0 Å². The number of hydrogen-bond acceptors (Lipinski definition) is 1. The number of rotatable bonds is 2. The van der Waals surface area contributed by atoms with E-state index in [2.05, 4.69) is 33.8 Å². The normalized spacial score (nSPS) is 32.5. The highest BCUT2D eigenvalue weighted by molar-refractivity contribution is 5.60. The Labute approximate surface area is 81.2 Å². The van der Waals surface area contributed by atoms with E-state index < -0.39 is 0 Å². The molecule has 0 aromatic heterocycles. The molecule has 0 spiro atoms. The van der Waals surface area contributed by atoms with E-state index >= 15 is 0 Å². The van der Waals surface area contributed by atoms with Gasteiger partial charge in [-0.05, 0) is 31.1 Å². The van der Waals surface area contributed by atoms with E-state index in [1.807, 2.05) is 0 Å². The lowest BCUT2D eigenvalue weighted by atomic mass is 9.66. The van der Waals surface area contributed by atoms with Crippen LogP contribution in [-0.4, -0.2) is 6.29 Å². The molecule has 1 aliphatic rings. The highest BCUT2D eigenvalue weighted by atomic mass is 16.1. The summed E-state index contributed by atoms with van der Waals surface area (Å²) in [4.78, 5) is 10.9. The van der Waals surface area contributed by atoms with Crippen LogP contribution in [0.1, 0.15) is 40.5 Å². The lowest BCUT2D eigenvalue weighted by Crippen LogP contribution is -2.32. The van der Waals surface area contributed by atoms with Crippen molar-refractivity contribution in [1.29, 1.82) is 0 Å². The molecular weight excluding hydrogens is 160 g/mol. The Morgan fingerprint density at radius 3 is 2.62 bits per heavy atom. The van der Waals surface area contributed by atoms with Crippen LogP contribution in [0.25, 0.3) is 0 Å². The smallest absolute Gasteiger partial charge is 0.127 e. The summed E-state index contributed by atoms with van der Waals surface area (Å²) in [6.45, 7) is 8.70. The van der Waals surface area contributed by atoms with Crippen LogP contribution in [0, 0.1) is 17.3 Å². The van der Waals surface area contributed by atoms with Gasteiger partial charge >= 0.3 is 0 Å². The standard InChI is InChI=1S/C12H20O/c1-5-10-6-9(2)11(8-13)12(3,4)7-10/h6,8,10-11H,5,7H2,1-4H3. The number of hydrogen-bond donors (Lipinski definition) is 0. The molecule has 0 radical (unpaired) electrons. The third-order valence-electron chi connectivity index (χ3n) is 3.28. The van der Waals surface area contributed by atoms with Gasteiger partial charge in [-0.2, -0.15) is 0 Å². The van der Waals surface area contributed by atoms with E-state index in [1.165, 1.54) is 12.0 Å². The monoisotopic (exact) mass is 180 g/mol. The first-order chi connectivity index (χ1) is 6.01. The molecular formula is C12H20O. The van der Waals surface area contributed by atoms with Crippen LogP contribution in [0.15, 0.2) is 11.6 Å². The van der Waals surface area contributed by atoms with E-state index in [0.29, 0.717) is 5.92 Å². The Balaban J connectivity index is 2.93. The van der Waals surface area contributed by atoms with Crippen molar-refractivity contribution in [3.63, 3.8) is 0 Å². The summed E-state index contributed by atoms with van der Waals surface area (Å²) >= 11 is 0. The zero-order chi connectivity index (χ0) is 10.1. The molecule has 0 bridgehead atoms. The predicted octanol–water partition coefficient (Wildman–Crippen LogP) is 3.20. The highest BCUT2D eigenvalue weighted by Crippen LogP contribution is 2.42. The first-order valence-corrected chi connectivity index (χ1v) is 5.15. The highest BCUT2D eigenvalue weighted by Gasteiger charge is 2.35. The molecule has 0 aliphatic heterocycles. The molecule has 0 aromatic carbocycles. The Bertz CT molecular complexity index is 225. The summed E-state index contributed by atoms with van der Waals surface area (Å²) in [5.41, 5.74) is 1.42. The minimum atomic E-state index is 0.135. The van der Waals surface area contributed by atoms with Gasteiger partial charge < -0.3 is 4.79 Å². The van der Waals surface area contributed by atoms with Crippen molar-refractivity contribution in [3.8, 4) is 0 Å². The van der Waals surface area contributed by atoms with Gasteiger partial charge in [-0.15, -0.1) is 0 Å². The molecule has 0 heterocycles. The van der Waals surface area contributed by atoms with Crippen molar-refractivity contribution in [1.82, 2.24) is 0 Å². The molecule has 0 fully saturated rings. The van der Waals surface area contributed by atoms with Gasteiger partial charge in [-0.1, -0.05) is 32.4 Å². The molecule has 1 aliphatic carbocycles. The van der Waals surface area contributed by atoms with Crippen LogP contribution in [0.5, 0.6) is 0 Å². The van der Waals surface area contributed by atoms with Gasteiger partial charge in [0.05, 0.1) is 0 Å². The van der Waals surface area contributed by atoms with E-state index in [9.17, 15) is 4.79 Å². The maximum Gasteiger partial charge on any atom is 0.127 e. The van der Waals surface area contributed by atoms with E-state index in [0.717, 1.165) is 12.7 Å². The van der Waals surface area contributed by atoms with Gasteiger partial charge in [0.1, 0.15) is 6.29 Å². The third-order valence-corrected chi connectivity index (χ3v) is 3.28. The molecule has 0 N–H and O–H groups in total. The lowest BCUT2D eigenvalue weighted by Gasteiger charge is -2.38. The SMILES string of the molecule is CCC1C=C(C)C(C=O)C(C)(C)C1. The lowest BCUT2D eigenvalue weighted by molar-refractivity contribution is -0.113. The molecule has 0 aromatic rings. The molecule has 13 heavy (non-hydrogen) atoms. The summed E-state index contributed by atoms with van der Waals surface area (Å²) in [7, 11) is 0. The molecule has 1 rings (SSSR count). The maximum atomic E-state index is 10.9. The van der Waals surface area contributed by atoms with E-state index in [-0.39, 0.29) is 11.3 Å². The molecule has 74 valence electrons. The summed E-state index contributed by atoms with van der Waals surface area (Å²) < 4.78 is 0.